The van der Waals surface area contributed by atoms with E-state index in [-0.39, 0.29) is 30.1 Å². The topological polar surface area (TPSA) is 152 Å². The first-order valence-corrected chi connectivity index (χ1v) is 12.8. The van der Waals surface area contributed by atoms with E-state index in [0.29, 0.717) is 41.0 Å². The van der Waals surface area contributed by atoms with Crippen LogP contribution in [0.15, 0.2) is 61.3 Å². The van der Waals surface area contributed by atoms with Crippen molar-refractivity contribution >= 4 is 39.4 Å². The van der Waals surface area contributed by atoms with E-state index in [9.17, 15) is 9.59 Å². The highest BCUT2D eigenvalue weighted by Gasteiger charge is 2.21. The van der Waals surface area contributed by atoms with E-state index >= 15 is 0 Å². The number of aliphatic imine (C=N–C) groups is 1. The van der Waals surface area contributed by atoms with Crippen molar-refractivity contribution in [1.82, 2.24) is 10.6 Å². The molecule has 0 radical (unpaired) electrons. The molecule has 38 heavy (non-hydrogen) atoms. The predicted octanol–water partition coefficient (Wildman–Crippen LogP) is 3.34. The van der Waals surface area contributed by atoms with Gasteiger partial charge in [-0.1, -0.05) is 48.0 Å². The van der Waals surface area contributed by atoms with Crippen molar-refractivity contribution in [2.24, 2.45) is 32.1 Å². The number of guanidine groups is 1. The Bertz CT molecular complexity index is 1260. The lowest BCUT2D eigenvalue weighted by atomic mass is 10.0. The quantitative estimate of drug-likeness (QED) is 0.273. The summed E-state index contributed by atoms with van der Waals surface area (Å²) in [5.74, 6) is 0.427. The Hall–Kier alpha value is -3.80. The number of nitrogens with two attached hydrogens (primary N) is 1. The van der Waals surface area contributed by atoms with Gasteiger partial charge in [0.15, 0.2) is 17.5 Å². The minimum absolute atomic E-state index is 0.0143. The third-order valence-corrected chi connectivity index (χ3v) is 6.38. The molecule has 0 aliphatic carbocycles. The minimum atomic E-state index is -0.761. The highest BCUT2D eigenvalue weighted by Crippen LogP contribution is 2.33. The molecular weight excluding hydrogens is 554 g/mol. The number of rotatable bonds is 11. The van der Waals surface area contributed by atoms with Crippen molar-refractivity contribution in [2.75, 3.05) is 20.8 Å². The molecule has 1 aliphatic rings. The largest absolute Gasteiger partial charge is 0.493 e. The molecule has 4 N–H and O–H groups in total. The molecule has 0 spiro atoms. The third-order valence-electron chi connectivity index (χ3n) is 5.64. The summed E-state index contributed by atoms with van der Waals surface area (Å²) in [6.07, 6.45) is 0.476. The average molecular weight is 586 g/mol. The minimum Gasteiger partial charge on any atom is -0.493 e. The van der Waals surface area contributed by atoms with Crippen LogP contribution in [-0.4, -0.2) is 50.3 Å². The van der Waals surface area contributed by atoms with Crippen LogP contribution in [0.2, 0.25) is 0 Å². The van der Waals surface area contributed by atoms with E-state index in [4.69, 9.17) is 15.2 Å². The zero-order chi connectivity index (χ0) is 27.7. The number of amides is 2. The fraction of sp³-hybridized carbons (Fsp3) is 0.385. The number of hydrogen-bond acceptors (Lipinski definition) is 8. The second-order valence-corrected chi connectivity index (χ2v) is 9.89. The molecule has 2 aromatic carbocycles. The van der Waals surface area contributed by atoms with Crippen LogP contribution in [0.1, 0.15) is 37.0 Å². The highest BCUT2D eigenvalue weighted by molar-refractivity contribution is 9.10. The Balaban J connectivity index is 1.63. The van der Waals surface area contributed by atoms with E-state index < -0.39 is 6.04 Å². The Kier molecular flexibility index (Phi) is 10.3. The molecule has 0 fully saturated rings. The molecule has 0 aromatic heterocycles. The number of methoxy groups -OCH3 is 2. The van der Waals surface area contributed by atoms with Crippen LogP contribution < -0.4 is 25.8 Å². The molecule has 3 rings (SSSR count). The number of ether oxygens (including phenoxy) is 2. The zero-order valence-corrected chi connectivity index (χ0v) is 23.4. The maximum absolute atomic E-state index is 13.0. The lowest BCUT2D eigenvalue weighted by Crippen LogP contribution is -2.41. The second-order valence-electron chi connectivity index (χ2n) is 9.04. The molecule has 0 saturated carbocycles. The molecule has 1 aliphatic heterocycles. The molecule has 0 saturated heterocycles. The van der Waals surface area contributed by atoms with Crippen molar-refractivity contribution in [1.29, 1.82) is 0 Å². The third kappa shape index (κ3) is 8.10. The molecule has 202 valence electrons. The van der Waals surface area contributed by atoms with Gasteiger partial charge in [0, 0.05) is 16.6 Å². The van der Waals surface area contributed by atoms with Gasteiger partial charge in [-0.15, -0.1) is 5.10 Å². The standard InChI is InChI=1S/C26H32BrN7O4/c1-15(2)8-20(25(36)29-13-16-6-5-7-17(9-16)21-14-30-34-33-21)31-26(28)32-24(35)11-18-10-22(37-3)23(38-4)12-19(18)27/h5-7,9-10,12,15,20H,8,11,13-14H2,1-4H3,(H,29,36)(H3,28,31,32,35)/t20-/m1/s1. The number of halogens is 1. The summed E-state index contributed by atoms with van der Waals surface area (Å²) in [5.41, 5.74) is 9.30. The summed E-state index contributed by atoms with van der Waals surface area (Å²) < 4.78 is 11.3. The number of hydrogen-bond donors (Lipinski definition) is 3. The van der Waals surface area contributed by atoms with Gasteiger partial charge < -0.3 is 20.5 Å². The second kappa shape index (κ2) is 13.7. The molecule has 1 atom stereocenters. The first-order valence-electron chi connectivity index (χ1n) is 12.0. The summed E-state index contributed by atoms with van der Waals surface area (Å²) >= 11 is 3.45. The van der Waals surface area contributed by atoms with Crippen molar-refractivity contribution in [2.45, 2.75) is 39.3 Å². The van der Waals surface area contributed by atoms with Crippen LogP contribution in [0.3, 0.4) is 0 Å². The van der Waals surface area contributed by atoms with Crippen molar-refractivity contribution < 1.29 is 19.1 Å². The lowest BCUT2D eigenvalue weighted by molar-refractivity contribution is -0.123. The van der Waals surface area contributed by atoms with Crippen molar-refractivity contribution in [3.63, 3.8) is 0 Å². The maximum atomic E-state index is 13.0. The number of nitrogens with zero attached hydrogens (tertiary/aromatic N) is 4. The van der Waals surface area contributed by atoms with Crippen LogP contribution in [0, 0.1) is 5.92 Å². The smallest absolute Gasteiger partial charge is 0.245 e. The van der Waals surface area contributed by atoms with Gasteiger partial charge in [0.25, 0.3) is 0 Å². The van der Waals surface area contributed by atoms with Crippen LogP contribution in [0.4, 0.5) is 0 Å². The molecule has 11 nitrogen and oxygen atoms in total. The Morgan fingerprint density at radius 2 is 1.89 bits per heavy atom. The van der Waals surface area contributed by atoms with Gasteiger partial charge in [0.05, 0.1) is 26.4 Å². The summed E-state index contributed by atoms with van der Waals surface area (Å²) in [6.45, 7) is 4.72. The molecular formula is C26H32BrN7O4. The van der Waals surface area contributed by atoms with Gasteiger partial charge in [-0.25, -0.2) is 4.99 Å². The fourth-order valence-corrected chi connectivity index (χ4v) is 4.25. The van der Waals surface area contributed by atoms with Gasteiger partial charge in [-0.05, 0) is 46.9 Å². The summed E-state index contributed by atoms with van der Waals surface area (Å²) in [6, 6.07) is 10.4. The number of carbonyl (C=O) groups is 2. The van der Waals surface area contributed by atoms with Gasteiger partial charge in [-0.3, -0.25) is 14.9 Å². The van der Waals surface area contributed by atoms with E-state index in [1.165, 1.54) is 14.2 Å². The van der Waals surface area contributed by atoms with E-state index in [1.807, 2.05) is 38.1 Å². The van der Waals surface area contributed by atoms with Gasteiger partial charge in [0.2, 0.25) is 11.8 Å². The van der Waals surface area contributed by atoms with E-state index in [2.05, 4.69) is 47.0 Å². The Morgan fingerprint density at radius 3 is 2.55 bits per heavy atom. The Morgan fingerprint density at radius 1 is 1.16 bits per heavy atom. The Labute approximate surface area is 230 Å². The number of carbonyl (C=O) groups excluding carboxylic acids is 2. The molecule has 0 unspecified atom stereocenters. The maximum Gasteiger partial charge on any atom is 0.245 e. The molecule has 2 amide bonds. The fourth-order valence-electron chi connectivity index (χ4n) is 3.79. The highest BCUT2D eigenvalue weighted by atomic mass is 79.9. The van der Waals surface area contributed by atoms with E-state index in [1.54, 1.807) is 12.1 Å². The average Bonchev–Trinajstić information content (AvgIpc) is 3.43. The first-order chi connectivity index (χ1) is 18.2. The normalized spacial score (nSPS) is 13.7. The summed E-state index contributed by atoms with van der Waals surface area (Å²) in [7, 11) is 3.06. The van der Waals surface area contributed by atoms with Crippen LogP contribution >= 0.6 is 15.9 Å². The van der Waals surface area contributed by atoms with Crippen LogP contribution in [0.5, 0.6) is 11.5 Å². The van der Waals surface area contributed by atoms with Crippen molar-refractivity contribution in [3.05, 3.63) is 57.6 Å². The molecule has 2 aromatic rings. The zero-order valence-electron chi connectivity index (χ0n) is 21.8. The van der Waals surface area contributed by atoms with E-state index in [0.717, 1.165) is 16.8 Å². The first kappa shape index (κ1) is 28.8. The van der Waals surface area contributed by atoms with Gasteiger partial charge in [0.1, 0.15) is 12.6 Å². The van der Waals surface area contributed by atoms with Crippen LogP contribution in [-0.2, 0) is 22.6 Å². The summed E-state index contributed by atoms with van der Waals surface area (Å²) in [5, 5.41) is 17.0. The van der Waals surface area contributed by atoms with Gasteiger partial charge in [-0.2, -0.15) is 5.11 Å². The predicted molar refractivity (Wildman–Crippen MR) is 149 cm³/mol. The monoisotopic (exact) mass is 585 g/mol. The lowest BCUT2D eigenvalue weighted by Gasteiger charge is -2.17. The van der Waals surface area contributed by atoms with Gasteiger partial charge >= 0.3 is 0 Å². The number of nitrogens with one attached hydrogen (secondary N) is 2. The van der Waals surface area contributed by atoms with Crippen LogP contribution in [0.25, 0.3) is 0 Å². The summed E-state index contributed by atoms with van der Waals surface area (Å²) in [4.78, 5) is 30.0. The molecule has 0 bridgehead atoms. The molecule has 1 heterocycles. The SMILES string of the molecule is COc1cc(Br)c(CC(=O)NC(N)=N[C@H](CC(C)C)C(=O)NCc2cccc(C3=NN=NC3)c2)cc1OC. The number of benzene rings is 2. The van der Waals surface area contributed by atoms with Crippen molar-refractivity contribution in [3.8, 4) is 11.5 Å². The molecule has 12 heteroatoms.